The van der Waals surface area contributed by atoms with Gasteiger partial charge in [-0.15, -0.1) is 0 Å². The van der Waals surface area contributed by atoms with Crippen LogP contribution in [0.5, 0.6) is 23.0 Å². The molecule has 1 N–H and O–H groups in total. The van der Waals surface area contributed by atoms with Crippen LogP contribution in [0.4, 0.5) is 0 Å². The average molecular weight is 506 g/mol. The molecule has 9 heteroatoms. The molecule has 1 atom stereocenters. The number of fused-ring (bicyclic) bond motifs is 1. The van der Waals surface area contributed by atoms with Crippen LogP contribution in [0.3, 0.4) is 0 Å². The first kappa shape index (κ1) is 24.3. The number of carbonyl (C=O) groups is 2. The third-order valence-corrected chi connectivity index (χ3v) is 6.15. The normalized spacial score (nSPS) is 18.2. The van der Waals surface area contributed by atoms with Crippen molar-refractivity contribution in [3.05, 3.63) is 77.3 Å². The molecule has 3 aromatic rings. The maximum Gasteiger partial charge on any atom is 0.296 e. The minimum Gasteiger partial charge on any atom is -0.507 e. The number of amides is 1. The molecule has 1 amide bonds. The molecule has 0 saturated carbocycles. The summed E-state index contributed by atoms with van der Waals surface area (Å²) >= 11 is 0. The molecule has 5 rings (SSSR count). The van der Waals surface area contributed by atoms with Crippen molar-refractivity contribution in [3.63, 3.8) is 0 Å². The first-order valence-electron chi connectivity index (χ1n) is 12.1. The molecule has 192 valence electrons. The van der Waals surface area contributed by atoms with Gasteiger partial charge in [0.2, 0.25) is 0 Å². The lowest BCUT2D eigenvalue weighted by Crippen LogP contribution is -2.29. The van der Waals surface area contributed by atoms with Crippen LogP contribution in [0, 0.1) is 0 Å². The van der Waals surface area contributed by atoms with E-state index in [1.807, 2.05) is 13.8 Å². The Hall–Kier alpha value is -4.40. The SMILES string of the molecule is CCOc1ccc([C@H]2/C(=C(\O)c3ccc4c(c3)OCCO4)C(=O)C(=O)N2Cc2ccco2)cc1OCC. The number of furan rings is 1. The van der Waals surface area contributed by atoms with Crippen molar-refractivity contribution in [1.29, 1.82) is 0 Å². The zero-order valence-corrected chi connectivity index (χ0v) is 20.6. The quantitative estimate of drug-likeness (QED) is 0.271. The average Bonchev–Trinajstić information content (AvgIpc) is 3.52. The highest BCUT2D eigenvalue weighted by Crippen LogP contribution is 2.43. The lowest BCUT2D eigenvalue weighted by Gasteiger charge is -2.25. The fourth-order valence-electron chi connectivity index (χ4n) is 4.54. The fourth-order valence-corrected chi connectivity index (χ4v) is 4.54. The summed E-state index contributed by atoms with van der Waals surface area (Å²) in [7, 11) is 0. The van der Waals surface area contributed by atoms with E-state index in [0.717, 1.165) is 0 Å². The number of rotatable bonds is 8. The molecule has 2 aromatic carbocycles. The Morgan fingerprint density at radius 2 is 1.73 bits per heavy atom. The number of likely N-dealkylation sites (tertiary alicyclic amines) is 1. The molecule has 37 heavy (non-hydrogen) atoms. The topological polar surface area (TPSA) is 108 Å². The number of hydrogen-bond donors (Lipinski definition) is 1. The highest BCUT2D eigenvalue weighted by Gasteiger charge is 2.46. The van der Waals surface area contributed by atoms with Crippen LogP contribution < -0.4 is 18.9 Å². The van der Waals surface area contributed by atoms with E-state index in [9.17, 15) is 14.7 Å². The van der Waals surface area contributed by atoms with Gasteiger partial charge in [0.15, 0.2) is 23.0 Å². The largest absolute Gasteiger partial charge is 0.507 e. The maximum atomic E-state index is 13.4. The van der Waals surface area contributed by atoms with Crippen LogP contribution in [-0.4, -0.2) is 48.1 Å². The number of carbonyl (C=O) groups excluding carboxylic acids is 2. The monoisotopic (exact) mass is 505 g/mol. The van der Waals surface area contributed by atoms with Gasteiger partial charge in [-0.1, -0.05) is 6.07 Å². The van der Waals surface area contributed by atoms with Crippen molar-refractivity contribution in [2.45, 2.75) is 26.4 Å². The number of hydrogen-bond acceptors (Lipinski definition) is 8. The number of ether oxygens (including phenoxy) is 4. The van der Waals surface area contributed by atoms with Crippen LogP contribution in [0.2, 0.25) is 0 Å². The van der Waals surface area contributed by atoms with Gasteiger partial charge in [0.25, 0.3) is 11.7 Å². The molecule has 0 bridgehead atoms. The number of nitrogens with zero attached hydrogens (tertiary/aromatic N) is 1. The van der Waals surface area contributed by atoms with Gasteiger partial charge in [-0.2, -0.15) is 0 Å². The summed E-state index contributed by atoms with van der Waals surface area (Å²) in [6.45, 7) is 5.40. The Balaban J connectivity index is 1.64. The van der Waals surface area contributed by atoms with E-state index in [2.05, 4.69) is 0 Å². The second-order valence-electron chi connectivity index (χ2n) is 8.44. The Labute approximate surface area is 213 Å². The van der Waals surface area contributed by atoms with Crippen LogP contribution in [0.1, 0.15) is 36.8 Å². The highest BCUT2D eigenvalue weighted by atomic mass is 16.6. The smallest absolute Gasteiger partial charge is 0.296 e. The molecule has 3 heterocycles. The first-order valence-corrected chi connectivity index (χ1v) is 12.1. The third-order valence-electron chi connectivity index (χ3n) is 6.15. The van der Waals surface area contributed by atoms with E-state index in [4.69, 9.17) is 23.4 Å². The standard InChI is InChI=1S/C28H27NO8/c1-3-33-20-9-7-17(14-22(20)34-4-2)25-24(27(31)28(32)29(25)16-19-6-5-11-35-19)26(30)18-8-10-21-23(15-18)37-13-12-36-21/h5-11,14-15,25,30H,3-4,12-13,16H2,1-2H3/b26-24+/t25-/m0/s1. The molecular formula is C28H27NO8. The van der Waals surface area contributed by atoms with E-state index in [1.54, 1.807) is 48.5 Å². The number of aliphatic hydroxyl groups excluding tert-OH is 1. The number of benzene rings is 2. The Morgan fingerprint density at radius 1 is 0.973 bits per heavy atom. The summed E-state index contributed by atoms with van der Waals surface area (Å²) in [5.74, 6) is 0.675. The van der Waals surface area contributed by atoms with Crippen molar-refractivity contribution < 1.29 is 38.1 Å². The summed E-state index contributed by atoms with van der Waals surface area (Å²) in [5.41, 5.74) is 0.873. The molecule has 1 saturated heterocycles. The van der Waals surface area contributed by atoms with Gasteiger partial charge in [-0.25, -0.2) is 0 Å². The van der Waals surface area contributed by atoms with Gasteiger partial charge < -0.3 is 33.4 Å². The summed E-state index contributed by atoms with van der Waals surface area (Å²) < 4.78 is 28.1. The van der Waals surface area contributed by atoms with E-state index in [1.165, 1.54) is 11.2 Å². The van der Waals surface area contributed by atoms with Crippen molar-refractivity contribution in [2.75, 3.05) is 26.4 Å². The highest BCUT2D eigenvalue weighted by molar-refractivity contribution is 6.46. The van der Waals surface area contributed by atoms with Crippen molar-refractivity contribution in [1.82, 2.24) is 4.90 Å². The predicted molar refractivity (Wildman–Crippen MR) is 133 cm³/mol. The molecule has 9 nitrogen and oxygen atoms in total. The van der Waals surface area contributed by atoms with Crippen LogP contribution in [0.15, 0.2) is 64.8 Å². The van der Waals surface area contributed by atoms with Gasteiger partial charge in [0.1, 0.15) is 24.7 Å². The summed E-state index contributed by atoms with van der Waals surface area (Å²) in [6, 6.07) is 12.7. The molecule has 2 aliphatic rings. The summed E-state index contributed by atoms with van der Waals surface area (Å²) in [6.07, 6.45) is 1.50. The lowest BCUT2D eigenvalue weighted by atomic mass is 9.94. The van der Waals surface area contributed by atoms with Crippen LogP contribution in [0.25, 0.3) is 5.76 Å². The molecule has 0 unspecified atom stereocenters. The van der Waals surface area contributed by atoms with E-state index in [0.29, 0.717) is 66.3 Å². The van der Waals surface area contributed by atoms with Gasteiger partial charge >= 0.3 is 0 Å². The third kappa shape index (κ3) is 4.60. The predicted octanol–water partition coefficient (Wildman–Crippen LogP) is 4.47. The van der Waals surface area contributed by atoms with Crippen molar-refractivity contribution >= 4 is 17.4 Å². The van der Waals surface area contributed by atoms with Gasteiger partial charge in [0.05, 0.1) is 37.6 Å². The van der Waals surface area contributed by atoms with Crippen LogP contribution >= 0.6 is 0 Å². The van der Waals surface area contributed by atoms with E-state index in [-0.39, 0.29) is 17.9 Å². The maximum absolute atomic E-state index is 13.4. The molecule has 0 aliphatic carbocycles. The number of ketones is 1. The number of Topliss-reactive ketones (excluding diaryl/α,β-unsaturated/α-hetero) is 1. The molecule has 1 fully saturated rings. The van der Waals surface area contributed by atoms with Gasteiger partial charge in [-0.3, -0.25) is 9.59 Å². The fraction of sp³-hybridized carbons (Fsp3) is 0.286. The zero-order chi connectivity index (χ0) is 25.9. The Kier molecular flexibility index (Phi) is 6.76. The second-order valence-corrected chi connectivity index (χ2v) is 8.44. The second kappa shape index (κ2) is 10.3. The molecule has 1 aromatic heterocycles. The van der Waals surface area contributed by atoms with Crippen LogP contribution in [-0.2, 0) is 16.1 Å². The van der Waals surface area contributed by atoms with Crippen molar-refractivity contribution in [3.8, 4) is 23.0 Å². The molecule has 0 spiro atoms. The van der Waals surface area contributed by atoms with Crippen molar-refractivity contribution in [2.24, 2.45) is 0 Å². The molecular weight excluding hydrogens is 478 g/mol. The zero-order valence-electron chi connectivity index (χ0n) is 20.6. The van der Waals surface area contributed by atoms with Gasteiger partial charge in [0, 0.05) is 5.56 Å². The summed E-state index contributed by atoms with van der Waals surface area (Å²) in [4.78, 5) is 28.0. The van der Waals surface area contributed by atoms with Gasteiger partial charge in [-0.05, 0) is 61.9 Å². The number of aliphatic hydroxyl groups is 1. The first-order chi connectivity index (χ1) is 18.0. The van der Waals surface area contributed by atoms with E-state index < -0.39 is 17.7 Å². The Morgan fingerprint density at radius 3 is 2.46 bits per heavy atom. The summed E-state index contributed by atoms with van der Waals surface area (Å²) in [5, 5.41) is 11.4. The van der Waals surface area contributed by atoms with E-state index >= 15 is 0 Å². The Bertz CT molecular complexity index is 1340. The molecule has 0 radical (unpaired) electrons. The minimum atomic E-state index is -0.895. The minimum absolute atomic E-state index is 0.0390. The lowest BCUT2D eigenvalue weighted by molar-refractivity contribution is -0.140. The molecule has 2 aliphatic heterocycles.